The predicted molar refractivity (Wildman–Crippen MR) is 108 cm³/mol. The highest BCUT2D eigenvalue weighted by Crippen LogP contribution is 2.27. The summed E-state index contributed by atoms with van der Waals surface area (Å²) >= 11 is 0. The van der Waals surface area contributed by atoms with E-state index in [1.807, 2.05) is 37.4 Å². The van der Waals surface area contributed by atoms with Gasteiger partial charge in [-0.15, -0.1) is 0 Å². The molecular weight excluding hydrogens is 354 g/mol. The molecule has 0 saturated carbocycles. The first-order chi connectivity index (χ1) is 13.5. The molecule has 1 heterocycles. The topological polar surface area (TPSA) is 73.2 Å². The summed E-state index contributed by atoms with van der Waals surface area (Å²) in [6.45, 7) is 5.73. The van der Waals surface area contributed by atoms with Crippen molar-refractivity contribution >= 4 is 17.6 Å². The van der Waals surface area contributed by atoms with Crippen LogP contribution in [-0.2, 0) is 9.53 Å². The van der Waals surface area contributed by atoms with Gasteiger partial charge in [0.2, 0.25) is 0 Å². The first-order valence-corrected chi connectivity index (χ1v) is 9.12. The zero-order chi connectivity index (χ0) is 20.1. The van der Waals surface area contributed by atoms with Crippen molar-refractivity contribution in [3.8, 4) is 5.69 Å². The van der Waals surface area contributed by atoms with E-state index in [9.17, 15) is 9.59 Å². The monoisotopic (exact) mass is 377 g/mol. The zero-order valence-corrected chi connectivity index (χ0v) is 16.2. The normalized spacial score (nSPS) is 10.7. The number of para-hydroxylation sites is 1. The molecule has 0 spiro atoms. The molecule has 144 valence electrons. The number of amides is 1. The van der Waals surface area contributed by atoms with Gasteiger partial charge >= 0.3 is 5.97 Å². The predicted octanol–water partition coefficient (Wildman–Crippen LogP) is 4.10. The molecule has 0 bridgehead atoms. The van der Waals surface area contributed by atoms with Gasteiger partial charge in [-0.25, -0.2) is 9.48 Å². The van der Waals surface area contributed by atoms with Gasteiger partial charge in [0.1, 0.15) is 0 Å². The van der Waals surface area contributed by atoms with E-state index in [-0.39, 0.29) is 18.4 Å². The highest BCUT2D eigenvalue weighted by atomic mass is 16.5. The van der Waals surface area contributed by atoms with Crippen LogP contribution in [0.1, 0.15) is 41.3 Å². The molecule has 0 aliphatic carbocycles. The van der Waals surface area contributed by atoms with Gasteiger partial charge in [0.15, 0.2) is 6.61 Å². The third kappa shape index (κ3) is 4.46. The minimum atomic E-state index is -0.545. The number of nitrogens with zero attached hydrogens (tertiary/aromatic N) is 2. The highest BCUT2D eigenvalue weighted by Gasteiger charge is 2.14. The van der Waals surface area contributed by atoms with Crippen LogP contribution in [0.15, 0.2) is 60.9 Å². The Morgan fingerprint density at radius 2 is 1.86 bits per heavy atom. The van der Waals surface area contributed by atoms with Gasteiger partial charge in [-0.05, 0) is 54.3 Å². The van der Waals surface area contributed by atoms with Gasteiger partial charge < -0.3 is 10.1 Å². The molecule has 28 heavy (non-hydrogen) atoms. The smallest absolute Gasteiger partial charge is 0.338 e. The lowest BCUT2D eigenvalue weighted by atomic mass is 9.98. The van der Waals surface area contributed by atoms with Crippen LogP contribution in [-0.4, -0.2) is 28.3 Å². The van der Waals surface area contributed by atoms with Crippen molar-refractivity contribution in [3.63, 3.8) is 0 Å². The van der Waals surface area contributed by atoms with E-state index in [4.69, 9.17) is 4.74 Å². The van der Waals surface area contributed by atoms with Crippen LogP contribution in [0.4, 0.5) is 5.69 Å². The van der Waals surface area contributed by atoms with Crippen LogP contribution >= 0.6 is 0 Å². The molecule has 0 saturated heterocycles. The van der Waals surface area contributed by atoms with E-state index < -0.39 is 5.97 Å². The molecule has 0 aliphatic rings. The number of aromatic nitrogens is 2. The van der Waals surface area contributed by atoms with Crippen molar-refractivity contribution in [2.75, 3.05) is 11.9 Å². The van der Waals surface area contributed by atoms with Crippen molar-refractivity contribution in [3.05, 3.63) is 77.6 Å². The summed E-state index contributed by atoms with van der Waals surface area (Å²) in [6, 6.07) is 14.5. The molecule has 3 aromatic rings. The number of carbonyl (C=O) groups is 2. The number of nitrogens with one attached hydrogen (secondary N) is 1. The molecule has 1 amide bonds. The van der Waals surface area contributed by atoms with Gasteiger partial charge in [-0.3, -0.25) is 4.79 Å². The third-order valence-electron chi connectivity index (χ3n) is 4.40. The van der Waals surface area contributed by atoms with Crippen LogP contribution < -0.4 is 5.32 Å². The summed E-state index contributed by atoms with van der Waals surface area (Å²) in [4.78, 5) is 24.5. The van der Waals surface area contributed by atoms with Crippen LogP contribution in [0.25, 0.3) is 5.69 Å². The van der Waals surface area contributed by atoms with Gasteiger partial charge in [-0.1, -0.05) is 32.0 Å². The number of ether oxygens (including phenoxy) is 1. The van der Waals surface area contributed by atoms with Crippen molar-refractivity contribution in [1.82, 2.24) is 9.78 Å². The average molecular weight is 377 g/mol. The fourth-order valence-corrected chi connectivity index (χ4v) is 2.90. The molecule has 0 unspecified atom stereocenters. The van der Waals surface area contributed by atoms with E-state index >= 15 is 0 Å². The fraction of sp³-hybridized carbons (Fsp3) is 0.227. The summed E-state index contributed by atoms with van der Waals surface area (Å²) < 4.78 is 6.85. The lowest BCUT2D eigenvalue weighted by Gasteiger charge is -2.16. The Morgan fingerprint density at radius 1 is 1.11 bits per heavy atom. The number of hydrogen-bond acceptors (Lipinski definition) is 4. The molecule has 0 radical (unpaired) electrons. The van der Waals surface area contributed by atoms with Gasteiger partial charge in [0, 0.05) is 18.1 Å². The molecule has 3 rings (SSSR count). The summed E-state index contributed by atoms with van der Waals surface area (Å²) in [6.07, 6.45) is 3.49. The second kappa shape index (κ2) is 8.52. The van der Waals surface area contributed by atoms with Gasteiger partial charge in [-0.2, -0.15) is 5.10 Å². The maximum atomic E-state index is 12.3. The number of rotatable bonds is 6. The molecule has 0 fully saturated rings. The summed E-state index contributed by atoms with van der Waals surface area (Å²) in [5, 5.41) is 7.00. The van der Waals surface area contributed by atoms with Crippen LogP contribution in [0.5, 0.6) is 0 Å². The Morgan fingerprint density at radius 3 is 2.50 bits per heavy atom. The Hall–Kier alpha value is -3.41. The molecule has 0 atom stereocenters. The van der Waals surface area contributed by atoms with Crippen molar-refractivity contribution in [2.45, 2.75) is 26.7 Å². The molecule has 1 aromatic heterocycles. The standard InChI is InChI=1S/C22H23N3O3/c1-15(2)19-7-4-6-16(3)21(19)24-20(26)14-28-22(27)17-8-10-18(11-9-17)25-13-5-12-23-25/h4-13,15H,14H2,1-3H3,(H,24,26). The Balaban J connectivity index is 1.60. The maximum Gasteiger partial charge on any atom is 0.338 e. The number of hydrogen-bond donors (Lipinski definition) is 1. The lowest BCUT2D eigenvalue weighted by molar-refractivity contribution is -0.119. The average Bonchev–Trinajstić information content (AvgIpc) is 3.22. The van der Waals surface area contributed by atoms with Crippen LogP contribution in [0.2, 0.25) is 0 Å². The third-order valence-corrected chi connectivity index (χ3v) is 4.40. The maximum absolute atomic E-state index is 12.3. The zero-order valence-electron chi connectivity index (χ0n) is 16.2. The molecule has 6 nitrogen and oxygen atoms in total. The second-order valence-corrected chi connectivity index (χ2v) is 6.82. The van der Waals surface area contributed by atoms with Crippen molar-refractivity contribution in [1.29, 1.82) is 0 Å². The number of aryl methyl sites for hydroxylation is 1. The lowest BCUT2D eigenvalue weighted by Crippen LogP contribution is -2.22. The number of esters is 1. The summed E-state index contributed by atoms with van der Waals surface area (Å²) in [7, 11) is 0. The molecular formula is C22H23N3O3. The minimum Gasteiger partial charge on any atom is -0.452 e. The molecule has 6 heteroatoms. The Bertz CT molecular complexity index is 961. The summed E-state index contributed by atoms with van der Waals surface area (Å²) in [5.74, 6) is -0.639. The SMILES string of the molecule is Cc1cccc(C(C)C)c1NC(=O)COC(=O)c1ccc(-n2cccn2)cc1. The van der Waals surface area contributed by atoms with Crippen molar-refractivity contribution in [2.24, 2.45) is 0 Å². The van der Waals surface area contributed by atoms with E-state index in [1.165, 1.54) is 0 Å². The van der Waals surface area contributed by atoms with E-state index in [1.54, 1.807) is 35.1 Å². The first-order valence-electron chi connectivity index (χ1n) is 9.12. The van der Waals surface area contributed by atoms with Gasteiger partial charge in [0.05, 0.1) is 11.3 Å². The summed E-state index contributed by atoms with van der Waals surface area (Å²) in [5.41, 5.74) is 4.01. The Labute approximate surface area is 164 Å². The number of benzene rings is 2. The number of anilines is 1. The van der Waals surface area contributed by atoms with Crippen LogP contribution in [0, 0.1) is 6.92 Å². The highest BCUT2D eigenvalue weighted by molar-refractivity contribution is 5.96. The van der Waals surface area contributed by atoms with E-state index in [0.717, 1.165) is 22.5 Å². The minimum absolute atomic E-state index is 0.269. The van der Waals surface area contributed by atoms with Crippen molar-refractivity contribution < 1.29 is 14.3 Å². The van der Waals surface area contributed by atoms with Crippen LogP contribution in [0.3, 0.4) is 0 Å². The van der Waals surface area contributed by atoms with E-state index in [0.29, 0.717) is 5.56 Å². The first kappa shape index (κ1) is 19.4. The molecule has 2 aromatic carbocycles. The fourth-order valence-electron chi connectivity index (χ4n) is 2.90. The molecule has 1 N–H and O–H groups in total. The second-order valence-electron chi connectivity index (χ2n) is 6.82. The quantitative estimate of drug-likeness (QED) is 0.657. The largest absolute Gasteiger partial charge is 0.452 e. The Kier molecular flexibility index (Phi) is 5.89. The molecule has 0 aliphatic heterocycles. The van der Waals surface area contributed by atoms with Gasteiger partial charge in [0.25, 0.3) is 5.91 Å². The number of carbonyl (C=O) groups excluding carboxylic acids is 2. The van der Waals surface area contributed by atoms with E-state index in [2.05, 4.69) is 24.3 Å².